The zero-order valence-corrected chi connectivity index (χ0v) is 11.5. The summed E-state index contributed by atoms with van der Waals surface area (Å²) in [5.41, 5.74) is 2.01. The molecule has 3 rings (SSSR count). The first-order valence-electron chi connectivity index (χ1n) is 6.49. The van der Waals surface area contributed by atoms with Crippen molar-refractivity contribution in [2.45, 2.75) is 19.4 Å². The Morgan fingerprint density at radius 1 is 1.50 bits per heavy atom. The molecular formula is C14H16N2O4. The monoisotopic (exact) mass is 276 g/mol. The van der Waals surface area contributed by atoms with Gasteiger partial charge in [0.2, 0.25) is 0 Å². The Kier molecular flexibility index (Phi) is 3.31. The standard InChI is InChI=1S/C14H16N2O4/c1-9-6-16-7-11(14(17)18-2)12(5-13(16)15-9)20-10-3-4-19-8-10/h5-7,10H,3-4,8H2,1-2H3. The lowest BCUT2D eigenvalue weighted by molar-refractivity contribution is 0.0591. The van der Waals surface area contributed by atoms with Gasteiger partial charge in [-0.3, -0.25) is 0 Å². The summed E-state index contributed by atoms with van der Waals surface area (Å²) in [6, 6.07) is 1.76. The molecule has 0 aromatic carbocycles. The number of methoxy groups -OCH3 is 1. The van der Waals surface area contributed by atoms with Crippen LogP contribution in [0.25, 0.3) is 5.65 Å². The smallest absolute Gasteiger partial charge is 0.343 e. The van der Waals surface area contributed by atoms with Crippen molar-refractivity contribution in [1.29, 1.82) is 0 Å². The van der Waals surface area contributed by atoms with Crippen molar-refractivity contribution in [3.8, 4) is 5.75 Å². The highest BCUT2D eigenvalue weighted by Crippen LogP contribution is 2.25. The van der Waals surface area contributed by atoms with Crippen LogP contribution in [0, 0.1) is 6.92 Å². The average molecular weight is 276 g/mol. The molecule has 106 valence electrons. The summed E-state index contributed by atoms with van der Waals surface area (Å²) in [7, 11) is 1.36. The Labute approximate surface area is 116 Å². The Balaban J connectivity index is 2.03. The first-order valence-corrected chi connectivity index (χ1v) is 6.49. The number of aromatic nitrogens is 2. The molecule has 1 aliphatic rings. The number of rotatable bonds is 3. The normalized spacial score (nSPS) is 18.4. The van der Waals surface area contributed by atoms with E-state index in [2.05, 4.69) is 4.98 Å². The van der Waals surface area contributed by atoms with Gasteiger partial charge in [0.1, 0.15) is 23.1 Å². The molecule has 1 atom stereocenters. The highest BCUT2D eigenvalue weighted by molar-refractivity contribution is 5.92. The highest BCUT2D eigenvalue weighted by Gasteiger charge is 2.22. The number of carbonyl (C=O) groups is 1. The number of hydrogen-bond donors (Lipinski definition) is 0. The first kappa shape index (κ1) is 12.9. The molecule has 0 amide bonds. The van der Waals surface area contributed by atoms with Gasteiger partial charge in [0.25, 0.3) is 0 Å². The van der Waals surface area contributed by atoms with Crippen molar-refractivity contribution >= 4 is 11.6 Å². The van der Waals surface area contributed by atoms with Gasteiger partial charge >= 0.3 is 5.97 Å². The van der Waals surface area contributed by atoms with E-state index in [4.69, 9.17) is 14.2 Å². The summed E-state index contributed by atoms with van der Waals surface area (Å²) >= 11 is 0. The second-order valence-corrected chi connectivity index (χ2v) is 4.79. The summed E-state index contributed by atoms with van der Waals surface area (Å²) in [5, 5.41) is 0. The largest absolute Gasteiger partial charge is 0.487 e. The van der Waals surface area contributed by atoms with Crippen LogP contribution in [0.15, 0.2) is 18.5 Å². The molecule has 0 saturated carbocycles. The number of ether oxygens (including phenoxy) is 3. The van der Waals surface area contributed by atoms with Gasteiger partial charge in [-0.2, -0.15) is 0 Å². The second kappa shape index (κ2) is 5.13. The molecule has 0 N–H and O–H groups in total. The molecule has 0 spiro atoms. The van der Waals surface area contributed by atoms with Gasteiger partial charge in [0.15, 0.2) is 0 Å². The molecule has 0 aliphatic carbocycles. The van der Waals surface area contributed by atoms with E-state index in [9.17, 15) is 4.79 Å². The summed E-state index contributed by atoms with van der Waals surface area (Å²) < 4.78 is 17.8. The van der Waals surface area contributed by atoms with E-state index in [0.29, 0.717) is 24.5 Å². The molecule has 1 aliphatic heterocycles. The molecule has 1 fully saturated rings. The third-order valence-corrected chi connectivity index (χ3v) is 3.26. The molecule has 20 heavy (non-hydrogen) atoms. The van der Waals surface area contributed by atoms with E-state index in [1.54, 1.807) is 16.7 Å². The minimum Gasteiger partial charge on any atom is -0.487 e. The molecule has 6 heteroatoms. The van der Waals surface area contributed by atoms with E-state index in [1.165, 1.54) is 7.11 Å². The minimum absolute atomic E-state index is 0.0306. The molecule has 2 aromatic heterocycles. The Morgan fingerprint density at radius 3 is 3.05 bits per heavy atom. The third kappa shape index (κ3) is 2.34. The number of imidazole rings is 1. The fourth-order valence-electron chi connectivity index (χ4n) is 2.29. The van der Waals surface area contributed by atoms with Crippen molar-refractivity contribution in [2.75, 3.05) is 20.3 Å². The molecular weight excluding hydrogens is 260 g/mol. The minimum atomic E-state index is -0.424. The predicted molar refractivity (Wildman–Crippen MR) is 71.1 cm³/mol. The zero-order valence-electron chi connectivity index (χ0n) is 11.5. The first-order chi connectivity index (χ1) is 9.67. The lowest BCUT2D eigenvalue weighted by Gasteiger charge is -2.15. The van der Waals surface area contributed by atoms with Crippen LogP contribution in [0.2, 0.25) is 0 Å². The maximum Gasteiger partial charge on any atom is 0.343 e. The molecule has 0 radical (unpaired) electrons. The van der Waals surface area contributed by atoms with Gasteiger partial charge in [-0.1, -0.05) is 0 Å². The maximum atomic E-state index is 11.9. The Morgan fingerprint density at radius 2 is 2.35 bits per heavy atom. The molecule has 2 aromatic rings. The Bertz CT molecular complexity index is 644. The van der Waals surface area contributed by atoms with Gasteiger partial charge in [-0.25, -0.2) is 9.78 Å². The lowest BCUT2D eigenvalue weighted by atomic mass is 10.2. The average Bonchev–Trinajstić information content (AvgIpc) is 3.05. The molecule has 6 nitrogen and oxygen atoms in total. The van der Waals surface area contributed by atoms with Crippen LogP contribution in [-0.2, 0) is 9.47 Å². The van der Waals surface area contributed by atoms with Crippen LogP contribution in [0.1, 0.15) is 22.5 Å². The highest BCUT2D eigenvalue weighted by atomic mass is 16.6. The van der Waals surface area contributed by atoms with Crippen LogP contribution in [0.5, 0.6) is 5.75 Å². The molecule has 3 heterocycles. The number of fused-ring (bicyclic) bond motifs is 1. The third-order valence-electron chi connectivity index (χ3n) is 3.26. The number of hydrogen-bond acceptors (Lipinski definition) is 5. The van der Waals surface area contributed by atoms with Gasteiger partial charge in [0, 0.05) is 24.9 Å². The SMILES string of the molecule is COC(=O)c1cn2cc(C)nc2cc1OC1CCOC1. The number of pyridine rings is 1. The van der Waals surface area contributed by atoms with Crippen LogP contribution in [0.3, 0.4) is 0 Å². The van der Waals surface area contributed by atoms with Crippen molar-refractivity contribution in [2.24, 2.45) is 0 Å². The number of aryl methyl sites for hydroxylation is 1. The van der Waals surface area contributed by atoms with Crippen molar-refractivity contribution in [3.05, 3.63) is 29.7 Å². The number of nitrogens with zero attached hydrogens (tertiary/aromatic N) is 2. The summed E-state index contributed by atoms with van der Waals surface area (Å²) in [4.78, 5) is 16.3. The van der Waals surface area contributed by atoms with Crippen molar-refractivity contribution in [3.63, 3.8) is 0 Å². The van der Waals surface area contributed by atoms with Crippen molar-refractivity contribution in [1.82, 2.24) is 9.38 Å². The predicted octanol–water partition coefficient (Wildman–Crippen LogP) is 1.60. The molecule has 1 unspecified atom stereocenters. The van der Waals surface area contributed by atoms with E-state index in [1.807, 2.05) is 13.1 Å². The zero-order chi connectivity index (χ0) is 14.1. The van der Waals surface area contributed by atoms with Gasteiger partial charge in [0.05, 0.1) is 26.0 Å². The van der Waals surface area contributed by atoms with E-state index in [0.717, 1.165) is 17.8 Å². The fourth-order valence-corrected chi connectivity index (χ4v) is 2.29. The van der Waals surface area contributed by atoms with E-state index >= 15 is 0 Å². The van der Waals surface area contributed by atoms with Gasteiger partial charge in [-0.15, -0.1) is 0 Å². The van der Waals surface area contributed by atoms with Crippen LogP contribution in [0.4, 0.5) is 0 Å². The van der Waals surface area contributed by atoms with Gasteiger partial charge in [-0.05, 0) is 6.92 Å². The molecule has 1 saturated heterocycles. The maximum absolute atomic E-state index is 11.9. The second-order valence-electron chi connectivity index (χ2n) is 4.79. The topological polar surface area (TPSA) is 62.1 Å². The Hall–Kier alpha value is -2.08. The number of carbonyl (C=O) groups excluding carboxylic acids is 1. The van der Waals surface area contributed by atoms with Crippen molar-refractivity contribution < 1.29 is 19.0 Å². The fraction of sp³-hybridized carbons (Fsp3) is 0.429. The van der Waals surface area contributed by atoms with Crippen LogP contribution >= 0.6 is 0 Å². The van der Waals surface area contributed by atoms with Crippen LogP contribution in [-0.4, -0.2) is 41.8 Å². The quantitative estimate of drug-likeness (QED) is 0.797. The van der Waals surface area contributed by atoms with E-state index in [-0.39, 0.29) is 6.10 Å². The summed E-state index contributed by atoms with van der Waals surface area (Å²) in [6.07, 6.45) is 4.33. The van der Waals surface area contributed by atoms with Gasteiger partial charge < -0.3 is 18.6 Å². The van der Waals surface area contributed by atoms with Crippen LogP contribution < -0.4 is 4.74 Å². The lowest BCUT2D eigenvalue weighted by Crippen LogP contribution is -2.18. The molecule has 0 bridgehead atoms. The summed E-state index contributed by atoms with van der Waals surface area (Å²) in [5.74, 6) is 0.0672. The summed E-state index contributed by atoms with van der Waals surface area (Å²) in [6.45, 7) is 3.12. The van der Waals surface area contributed by atoms with E-state index < -0.39 is 5.97 Å². The number of esters is 1.